The molecule has 1 aromatic carbocycles. The molecule has 0 radical (unpaired) electrons. The van der Waals surface area contributed by atoms with Gasteiger partial charge in [0.25, 0.3) is 0 Å². The van der Waals surface area contributed by atoms with Gasteiger partial charge < -0.3 is 10.6 Å². The van der Waals surface area contributed by atoms with E-state index < -0.39 is 11.6 Å². The summed E-state index contributed by atoms with van der Waals surface area (Å²) < 4.78 is 27.9. The molecular formula is C15H18F2N4O. The van der Waals surface area contributed by atoms with Crippen molar-refractivity contribution >= 4 is 6.03 Å². The average Bonchev–Trinajstić information content (AvgIpc) is 2.88. The zero-order chi connectivity index (χ0) is 16.1. The minimum Gasteiger partial charge on any atom is -0.338 e. The van der Waals surface area contributed by atoms with E-state index in [9.17, 15) is 13.6 Å². The van der Waals surface area contributed by atoms with Gasteiger partial charge in [-0.2, -0.15) is 5.10 Å². The van der Waals surface area contributed by atoms with Crippen LogP contribution in [0.2, 0.25) is 0 Å². The molecule has 0 unspecified atom stereocenters. The van der Waals surface area contributed by atoms with E-state index >= 15 is 0 Å². The number of aryl methyl sites for hydroxylation is 1. The van der Waals surface area contributed by atoms with Crippen LogP contribution in [0.3, 0.4) is 0 Å². The van der Waals surface area contributed by atoms with E-state index in [4.69, 9.17) is 0 Å². The third-order valence-electron chi connectivity index (χ3n) is 3.27. The largest absolute Gasteiger partial charge is 0.338 e. The first kappa shape index (κ1) is 15.9. The van der Waals surface area contributed by atoms with E-state index in [1.54, 1.807) is 17.9 Å². The van der Waals surface area contributed by atoms with Crippen molar-refractivity contribution in [2.45, 2.75) is 19.4 Å². The van der Waals surface area contributed by atoms with E-state index in [0.29, 0.717) is 12.0 Å². The standard InChI is InChI=1S/C15H18F2N4O/c1-10(12-8-19-21(2)9-12)20-15(22)18-6-5-11-3-4-13(16)7-14(11)17/h3-4,7-10H,5-6H2,1-2H3,(H2,18,20,22)/t10-/m1/s1. The monoisotopic (exact) mass is 308 g/mol. The molecule has 1 atom stereocenters. The summed E-state index contributed by atoms with van der Waals surface area (Å²) in [6.45, 7) is 2.10. The molecule has 0 aliphatic rings. The lowest BCUT2D eigenvalue weighted by molar-refractivity contribution is 0.238. The summed E-state index contributed by atoms with van der Waals surface area (Å²) in [5.41, 5.74) is 1.25. The Hall–Kier alpha value is -2.44. The van der Waals surface area contributed by atoms with Crippen LogP contribution >= 0.6 is 0 Å². The van der Waals surface area contributed by atoms with Crippen LogP contribution < -0.4 is 10.6 Å². The third kappa shape index (κ3) is 4.28. The molecule has 5 nitrogen and oxygen atoms in total. The normalized spacial score (nSPS) is 12.0. The summed E-state index contributed by atoms with van der Waals surface area (Å²) in [5.74, 6) is -1.22. The van der Waals surface area contributed by atoms with Crippen LogP contribution in [0.15, 0.2) is 30.6 Å². The fourth-order valence-electron chi connectivity index (χ4n) is 2.03. The number of benzene rings is 1. The molecule has 0 aliphatic heterocycles. The first-order valence-electron chi connectivity index (χ1n) is 6.92. The maximum Gasteiger partial charge on any atom is 0.315 e. The molecule has 7 heteroatoms. The van der Waals surface area contributed by atoms with Crippen LogP contribution in [0.4, 0.5) is 13.6 Å². The molecule has 0 saturated heterocycles. The fourth-order valence-corrected chi connectivity index (χ4v) is 2.03. The van der Waals surface area contributed by atoms with E-state index in [2.05, 4.69) is 15.7 Å². The van der Waals surface area contributed by atoms with E-state index in [1.165, 1.54) is 12.1 Å². The number of urea groups is 1. The van der Waals surface area contributed by atoms with Crippen LogP contribution in [-0.2, 0) is 13.5 Å². The van der Waals surface area contributed by atoms with Gasteiger partial charge in [0.2, 0.25) is 0 Å². The molecular weight excluding hydrogens is 290 g/mol. The van der Waals surface area contributed by atoms with Gasteiger partial charge in [0, 0.05) is 31.4 Å². The van der Waals surface area contributed by atoms with Gasteiger partial charge in [0.05, 0.1) is 12.2 Å². The molecule has 118 valence electrons. The quantitative estimate of drug-likeness (QED) is 0.890. The summed E-state index contributed by atoms with van der Waals surface area (Å²) in [6.07, 6.45) is 3.79. The number of carbonyl (C=O) groups is 1. The van der Waals surface area contributed by atoms with Crippen molar-refractivity contribution in [3.05, 3.63) is 53.4 Å². The van der Waals surface area contributed by atoms with Gasteiger partial charge in [-0.05, 0) is 25.0 Å². The Morgan fingerprint density at radius 2 is 2.18 bits per heavy atom. The zero-order valence-electron chi connectivity index (χ0n) is 12.4. The Bertz CT molecular complexity index is 657. The molecule has 1 aromatic heterocycles. The summed E-state index contributed by atoms with van der Waals surface area (Å²) in [6, 6.07) is 2.88. The fraction of sp³-hybridized carbons (Fsp3) is 0.333. The highest BCUT2D eigenvalue weighted by molar-refractivity contribution is 5.74. The van der Waals surface area contributed by atoms with Crippen molar-refractivity contribution < 1.29 is 13.6 Å². The predicted octanol–water partition coefficient (Wildman–Crippen LogP) is 2.30. The molecule has 22 heavy (non-hydrogen) atoms. The second-order valence-corrected chi connectivity index (χ2v) is 5.05. The molecule has 0 fully saturated rings. The summed E-state index contributed by atoms with van der Waals surface area (Å²) >= 11 is 0. The molecule has 2 amide bonds. The SMILES string of the molecule is C[C@@H](NC(=O)NCCc1ccc(F)cc1F)c1cnn(C)c1. The van der Waals surface area contributed by atoms with Gasteiger partial charge in [0.1, 0.15) is 11.6 Å². The van der Waals surface area contributed by atoms with Crippen LogP contribution in [0.5, 0.6) is 0 Å². The zero-order valence-corrected chi connectivity index (χ0v) is 12.4. The van der Waals surface area contributed by atoms with Crippen molar-refractivity contribution in [1.82, 2.24) is 20.4 Å². The Kier molecular flexibility index (Phi) is 5.08. The van der Waals surface area contributed by atoms with Crippen LogP contribution in [0.25, 0.3) is 0 Å². The number of hydrogen-bond acceptors (Lipinski definition) is 2. The number of nitrogens with zero attached hydrogens (tertiary/aromatic N) is 2. The number of halogens is 2. The smallest absolute Gasteiger partial charge is 0.315 e. The van der Waals surface area contributed by atoms with Crippen molar-refractivity contribution in [3.8, 4) is 0 Å². The molecule has 2 aromatic rings. The third-order valence-corrected chi connectivity index (χ3v) is 3.27. The molecule has 2 rings (SSSR count). The van der Waals surface area contributed by atoms with Crippen molar-refractivity contribution in [3.63, 3.8) is 0 Å². The van der Waals surface area contributed by atoms with E-state index in [-0.39, 0.29) is 18.6 Å². The highest BCUT2D eigenvalue weighted by Crippen LogP contribution is 2.11. The minimum atomic E-state index is -0.614. The van der Waals surface area contributed by atoms with Crippen molar-refractivity contribution in [1.29, 1.82) is 0 Å². The Balaban J connectivity index is 1.78. The Morgan fingerprint density at radius 3 is 2.82 bits per heavy atom. The predicted molar refractivity (Wildman–Crippen MR) is 78.2 cm³/mol. The highest BCUT2D eigenvalue weighted by atomic mass is 19.1. The molecule has 0 spiro atoms. The maximum atomic E-state index is 13.4. The lowest BCUT2D eigenvalue weighted by Crippen LogP contribution is -2.38. The number of nitrogens with one attached hydrogen (secondary N) is 2. The first-order valence-corrected chi connectivity index (χ1v) is 6.92. The molecule has 1 heterocycles. The van der Waals surface area contributed by atoms with Crippen LogP contribution in [-0.4, -0.2) is 22.4 Å². The molecule has 0 saturated carbocycles. The number of rotatable bonds is 5. The lowest BCUT2D eigenvalue weighted by Gasteiger charge is -2.13. The molecule has 0 bridgehead atoms. The van der Waals surface area contributed by atoms with E-state index in [1.807, 2.05) is 13.1 Å². The van der Waals surface area contributed by atoms with Crippen molar-refractivity contribution in [2.24, 2.45) is 7.05 Å². The second kappa shape index (κ2) is 7.02. The first-order chi connectivity index (χ1) is 10.5. The number of aromatic nitrogens is 2. The lowest BCUT2D eigenvalue weighted by atomic mass is 10.1. The van der Waals surface area contributed by atoms with Crippen LogP contribution in [0.1, 0.15) is 24.1 Å². The average molecular weight is 308 g/mol. The highest BCUT2D eigenvalue weighted by Gasteiger charge is 2.11. The second-order valence-electron chi connectivity index (χ2n) is 5.05. The summed E-state index contributed by atoms with van der Waals surface area (Å²) in [7, 11) is 1.80. The Labute approximate surface area is 127 Å². The maximum absolute atomic E-state index is 13.4. The Morgan fingerprint density at radius 1 is 1.41 bits per heavy atom. The topological polar surface area (TPSA) is 59.0 Å². The van der Waals surface area contributed by atoms with E-state index in [0.717, 1.165) is 11.6 Å². The van der Waals surface area contributed by atoms with Crippen molar-refractivity contribution in [2.75, 3.05) is 6.54 Å². The van der Waals surface area contributed by atoms with Gasteiger partial charge in [-0.25, -0.2) is 13.6 Å². The number of carbonyl (C=O) groups excluding carboxylic acids is 1. The van der Waals surface area contributed by atoms with Gasteiger partial charge in [-0.1, -0.05) is 6.07 Å². The molecule has 2 N–H and O–H groups in total. The van der Waals surface area contributed by atoms with Gasteiger partial charge >= 0.3 is 6.03 Å². The summed E-state index contributed by atoms with van der Waals surface area (Å²) in [4.78, 5) is 11.8. The van der Waals surface area contributed by atoms with Crippen LogP contribution in [0, 0.1) is 11.6 Å². The van der Waals surface area contributed by atoms with Gasteiger partial charge in [0.15, 0.2) is 0 Å². The minimum absolute atomic E-state index is 0.184. The number of amides is 2. The molecule has 0 aliphatic carbocycles. The van der Waals surface area contributed by atoms with Gasteiger partial charge in [-0.3, -0.25) is 4.68 Å². The summed E-state index contributed by atoms with van der Waals surface area (Å²) in [5, 5.41) is 9.44. The number of hydrogen-bond donors (Lipinski definition) is 2. The van der Waals surface area contributed by atoms with Gasteiger partial charge in [-0.15, -0.1) is 0 Å².